The maximum Gasteiger partial charge on any atom is 0.263 e. The number of alkyl halides is 2. The Balaban J connectivity index is 2.28. The summed E-state index contributed by atoms with van der Waals surface area (Å²) in [5.74, 6) is 0.344. The first-order valence-electron chi connectivity index (χ1n) is 5.34. The summed E-state index contributed by atoms with van der Waals surface area (Å²) in [5, 5.41) is 4.55. The fraction of sp³-hybridized carbons (Fsp3) is 0.250. The van der Waals surface area contributed by atoms with E-state index in [2.05, 4.69) is 5.10 Å². The molecule has 2 rings (SSSR count). The summed E-state index contributed by atoms with van der Waals surface area (Å²) in [6.07, 6.45) is -2.48. The standard InChI is InChI=1S/C12H12ClF2N3/c1-7-10(13)12(16)18(17-7)6-8-3-2-4-9(5-8)11(14)15/h2-5,11H,6,16H2,1H3. The van der Waals surface area contributed by atoms with Crippen molar-refractivity contribution in [3.05, 3.63) is 46.1 Å². The number of hydrogen-bond donors (Lipinski definition) is 1. The van der Waals surface area contributed by atoms with Crippen molar-refractivity contribution in [2.24, 2.45) is 0 Å². The number of halogens is 3. The Kier molecular flexibility index (Phi) is 3.52. The van der Waals surface area contributed by atoms with Gasteiger partial charge in [0.1, 0.15) is 10.8 Å². The van der Waals surface area contributed by atoms with E-state index in [4.69, 9.17) is 17.3 Å². The maximum absolute atomic E-state index is 12.6. The van der Waals surface area contributed by atoms with Gasteiger partial charge in [0, 0.05) is 5.56 Å². The normalized spacial score (nSPS) is 11.2. The molecule has 0 radical (unpaired) electrons. The largest absolute Gasteiger partial charge is 0.383 e. The fourth-order valence-corrected chi connectivity index (χ4v) is 1.83. The van der Waals surface area contributed by atoms with E-state index in [0.717, 1.165) is 0 Å². The minimum atomic E-state index is -2.48. The van der Waals surface area contributed by atoms with Gasteiger partial charge in [-0.3, -0.25) is 0 Å². The second-order valence-corrected chi connectivity index (χ2v) is 4.37. The molecule has 1 heterocycles. The molecule has 2 N–H and O–H groups in total. The highest BCUT2D eigenvalue weighted by molar-refractivity contribution is 6.33. The Morgan fingerprint density at radius 1 is 1.44 bits per heavy atom. The highest BCUT2D eigenvalue weighted by Crippen LogP contribution is 2.24. The number of rotatable bonds is 3. The van der Waals surface area contributed by atoms with Crippen molar-refractivity contribution in [3.63, 3.8) is 0 Å². The average molecular weight is 272 g/mol. The van der Waals surface area contributed by atoms with Gasteiger partial charge in [-0.15, -0.1) is 0 Å². The zero-order valence-electron chi connectivity index (χ0n) is 9.70. The lowest BCUT2D eigenvalue weighted by Gasteiger charge is -2.06. The molecule has 0 aliphatic carbocycles. The first kappa shape index (κ1) is 12.8. The zero-order chi connectivity index (χ0) is 13.3. The summed E-state index contributed by atoms with van der Waals surface area (Å²) in [6, 6.07) is 6.16. The van der Waals surface area contributed by atoms with E-state index >= 15 is 0 Å². The Morgan fingerprint density at radius 2 is 2.17 bits per heavy atom. The van der Waals surface area contributed by atoms with E-state index in [1.165, 1.54) is 16.8 Å². The van der Waals surface area contributed by atoms with Gasteiger partial charge in [0.15, 0.2) is 0 Å². The molecule has 0 atom stereocenters. The van der Waals surface area contributed by atoms with Crippen LogP contribution in [0.3, 0.4) is 0 Å². The predicted octanol–water partition coefficient (Wildman–Crippen LogP) is 3.41. The van der Waals surface area contributed by atoms with Gasteiger partial charge in [-0.2, -0.15) is 5.10 Å². The van der Waals surface area contributed by atoms with Crippen LogP contribution in [0.4, 0.5) is 14.6 Å². The van der Waals surface area contributed by atoms with E-state index in [1.807, 2.05) is 0 Å². The van der Waals surface area contributed by atoms with Crippen molar-refractivity contribution in [1.29, 1.82) is 0 Å². The van der Waals surface area contributed by atoms with Gasteiger partial charge < -0.3 is 5.73 Å². The minimum Gasteiger partial charge on any atom is -0.383 e. The van der Waals surface area contributed by atoms with Crippen LogP contribution >= 0.6 is 11.6 Å². The number of nitrogen functional groups attached to an aromatic ring is 1. The third-order valence-electron chi connectivity index (χ3n) is 2.63. The van der Waals surface area contributed by atoms with Crippen LogP contribution in [0.5, 0.6) is 0 Å². The molecule has 0 spiro atoms. The average Bonchev–Trinajstić information content (AvgIpc) is 2.57. The molecule has 0 saturated carbocycles. The van der Waals surface area contributed by atoms with Crippen molar-refractivity contribution >= 4 is 17.4 Å². The van der Waals surface area contributed by atoms with Crippen LogP contribution in [0.1, 0.15) is 23.2 Å². The fourth-order valence-electron chi connectivity index (χ4n) is 1.70. The number of hydrogen-bond acceptors (Lipinski definition) is 2. The molecule has 6 heteroatoms. The highest BCUT2D eigenvalue weighted by Gasteiger charge is 2.12. The van der Waals surface area contributed by atoms with Gasteiger partial charge in [0.25, 0.3) is 6.43 Å². The molecule has 0 fully saturated rings. The second-order valence-electron chi connectivity index (χ2n) is 3.99. The van der Waals surface area contributed by atoms with Crippen molar-refractivity contribution in [3.8, 4) is 0 Å². The Morgan fingerprint density at radius 3 is 2.72 bits per heavy atom. The molecule has 1 aromatic heterocycles. The van der Waals surface area contributed by atoms with Gasteiger partial charge in [-0.05, 0) is 18.6 Å². The number of nitrogens with two attached hydrogens (primary N) is 1. The Bertz CT molecular complexity index is 566. The van der Waals surface area contributed by atoms with Crippen LogP contribution in [-0.4, -0.2) is 9.78 Å². The monoisotopic (exact) mass is 271 g/mol. The van der Waals surface area contributed by atoms with E-state index in [-0.39, 0.29) is 5.56 Å². The van der Waals surface area contributed by atoms with Crippen molar-refractivity contribution in [2.75, 3.05) is 5.73 Å². The summed E-state index contributed by atoms with van der Waals surface area (Å²) in [6.45, 7) is 2.06. The maximum atomic E-state index is 12.6. The molecule has 18 heavy (non-hydrogen) atoms. The lowest BCUT2D eigenvalue weighted by Crippen LogP contribution is -2.06. The first-order chi connectivity index (χ1) is 8.49. The SMILES string of the molecule is Cc1nn(Cc2cccc(C(F)F)c2)c(N)c1Cl. The molecule has 0 bridgehead atoms. The van der Waals surface area contributed by atoms with Crippen LogP contribution in [-0.2, 0) is 6.54 Å². The van der Waals surface area contributed by atoms with Crippen LogP contribution in [0.2, 0.25) is 5.02 Å². The van der Waals surface area contributed by atoms with Gasteiger partial charge in [-0.1, -0.05) is 29.8 Å². The van der Waals surface area contributed by atoms with Crippen molar-refractivity contribution in [2.45, 2.75) is 19.9 Å². The third-order valence-corrected chi connectivity index (χ3v) is 3.09. The van der Waals surface area contributed by atoms with Gasteiger partial charge in [0.05, 0.1) is 12.2 Å². The summed E-state index contributed by atoms with van der Waals surface area (Å²) in [4.78, 5) is 0. The van der Waals surface area contributed by atoms with E-state index in [0.29, 0.717) is 28.6 Å². The molecular weight excluding hydrogens is 260 g/mol. The van der Waals surface area contributed by atoms with E-state index in [9.17, 15) is 8.78 Å². The van der Waals surface area contributed by atoms with Crippen molar-refractivity contribution < 1.29 is 8.78 Å². The molecule has 0 saturated heterocycles. The smallest absolute Gasteiger partial charge is 0.263 e. The predicted molar refractivity (Wildman–Crippen MR) is 66.9 cm³/mol. The van der Waals surface area contributed by atoms with Gasteiger partial charge in [-0.25, -0.2) is 13.5 Å². The van der Waals surface area contributed by atoms with Crippen LogP contribution in [0.15, 0.2) is 24.3 Å². The molecular formula is C12H12ClF2N3. The molecule has 0 aliphatic heterocycles. The first-order valence-corrected chi connectivity index (χ1v) is 5.72. The Hall–Kier alpha value is -1.62. The van der Waals surface area contributed by atoms with Crippen molar-refractivity contribution in [1.82, 2.24) is 9.78 Å². The molecule has 96 valence electrons. The number of aryl methyl sites for hydroxylation is 1. The van der Waals surface area contributed by atoms with Gasteiger partial charge >= 0.3 is 0 Å². The lowest BCUT2D eigenvalue weighted by atomic mass is 10.1. The zero-order valence-corrected chi connectivity index (χ0v) is 10.5. The molecule has 0 unspecified atom stereocenters. The third kappa shape index (κ3) is 2.46. The summed E-state index contributed by atoms with van der Waals surface area (Å²) < 4.78 is 26.6. The second kappa shape index (κ2) is 4.94. The van der Waals surface area contributed by atoms with Crippen LogP contribution in [0, 0.1) is 6.92 Å². The van der Waals surface area contributed by atoms with E-state index < -0.39 is 6.43 Å². The lowest BCUT2D eigenvalue weighted by molar-refractivity contribution is 0.151. The number of nitrogens with zero attached hydrogens (tertiary/aromatic N) is 2. The number of aromatic nitrogens is 2. The van der Waals surface area contributed by atoms with Crippen LogP contribution in [0.25, 0.3) is 0 Å². The summed E-state index contributed by atoms with van der Waals surface area (Å²) in [7, 11) is 0. The molecule has 1 aromatic carbocycles. The van der Waals surface area contributed by atoms with E-state index in [1.54, 1.807) is 19.1 Å². The quantitative estimate of drug-likeness (QED) is 0.930. The highest BCUT2D eigenvalue weighted by atomic mass is 35.5. The molecule has 0 aliphatic rings. The summed E-state index contributed by atoms with van der Waals surface area (Å²) in [5.41, 5.74) is 7.09. The molecule has 3 nitrogen and oxygen atoms in total. The number of anilines is 1. The summed E-state index contributed by atoms with van der Waals surface area (Å²) >= 11 is 5.92. The van der Waals surface area contributed by atoms with Gasteiger partial charge in [0.2, 0.25) is 0 Å². The molecule has 0 amide bonds. The minimum absolute atomic E-state index is 0.0129. The van der Waals surface area contributed by atoms with Crippen LogP contribution < -0.4 is 5.73 Å². The number of benzene rings is 1. The Labute approximate surface area is 108 Å². The topological polar surface area (TPSA) is 43.8 Å². The molecule has 2 aromatic rings.